The highest BCUT2D eigenvalue weighted by molar-refractivity contribution is 5.90. The molecule has 84 valence electrons. The summed E-state index contributed by atoms with van der Waals surface area (Å²) in [5.74, 6) is 0.930. The Kier molecular flexibility index (Phi) is 2.14. The summed E-state index contributed by atoms with van der Waals surface area (Å²) >= 11 is 0. The van der Waals surface area contributed by atoms with Crippen LogP contribution in [0.2, 0.25) is 0 Å². The third kappa shape index (κ3) is 1.25. The summed E-state index contributed by atoms with van der Waals surface area (Å²) in [7, 11) is 1.72. The van der Waals surface area contributed by atoms with Crippen LogP contribution >= 0.6 is 0 Å². The van der Waals surface area contributed by atoms with Gasteiger partial charge in [-0.05, 0) is 31.5 Å². The summed E-state index contributed by atoms with van der Waals surface area (Å²) in [5.41, 5.74) is 3.89. The van der Waals surface area contributed by atoms with Crippen molar-refractivity contribution in [2.75, 3.05) is 13.7 Å². The largest absolute Gasteiger partial charge is 0.495 e. The van der Waals surface area contributed by atoms with Crippen molar-refractivity contribution in [1.82, 2.24) is 10.3 Å². The highest BCUT2D eigenvalue weighted by Gasteiger charge is 2.21. The molecule has 0 amide bonds. The average molecular weight is 216 g/mol. The number of hydrogen-bond acceptors (Lipinski definition) is 2. The van der Waals surface area contributed by atoms with E-state index in [0.717, 1.165) is 24.2 Å². The minimum Gasteiger partial charge on any atom is -0.495 e. The number of fused-ring (bicyclic) bond motifs is 3. The van der Waals surface area contributed by atoms with E-state index in [4.69, 9.17) is 4.74 Å². The fourth-order valence-corrected chi connectivity index (χ4v) is 2.59. The number of aromatic nitrogens is 1. The van der Waals surface area contributed by atoms with Crippen LogP contribution in [0.25, 0.3) is 10.9 Å². The molecule has 1 aromatic heterocycles. The first-order valence-corrected chi connectivity index (χ1v) is 5.72. The fraction of sp³-hybridized carbons (Fsp3) is 0.385. The lowest BCUT2D eigenvalue weighted by atomic mass is 10.0. The first kappa shape index (κ1) is 9.73. The number of H-pyrrole nitrogens is 1. The molecular formula is C13H16N2O. The van der Waals surface area contributed by atoms with Crippen molar-refractivity contribution in [3.05, 3.63) is 29.5 Å². The third-order valence-electron chi connectivity index (χ3n) is 3.41. The highest BCUT2D eigenvalue weighted by atomic mass is 16.5. The summed E-state index contributed by atoms with van der Waals surface area (Å²) in [6.07, 6.45) is 1.09. The van der Waals surface area contributed by atoms with Crippen molar-refractivity contribution < 1.29 is 4.74 Å². The molecule has 0 aliphatic carbocycles. The van der Waals surface area contributed by atoms with Crippen LogP contribution in [0.3, 0.4) is 0 Å². The lowest BCUT2D eigenvalue weighted by molar-refractivity contribution is 0.419. The van der Waals surface area contributed by atoms with Gasteiger partial charge in [-0.2, -0.15) is 0 Å². The van der Waals surface area contributed by atoms with E-state index in [9.17, 15) is 0 Å². The molecule has 0 radical (unpaired) electrons. The molecule has 1 aromatic carbocycles. The summed E-state index contributed by atoms with van der Waals surface area (Å²) in [6, 6.07) is 6.64. The normalized spacial score (nSPS) is 19.8. The molecule has 2 aromatic rings. The Hall–Kier alpha value is -1.48. The maximum Gasteiger partial charge on any atom is 0.142 e. The number of ether oxygens (including phenoxy) is 1. The number of aromatic amines is 1. The van der Waals surface area contributed by atoms with E-state index in [1.165, 1.54) is 16.6 Å². The van der Waals surface area contributed by atoms with Crippen LogP contribution in [0.1, 0.15) is 24.2 Å². The molecule has 2 heterocycles. The molecule has 3 rings (SSSR count). The zero-order chi connectivity index (χ0) is 11.1. The zero-order valence-electron chi connectivity index (χ0n) is 9.63. The summed E-state index contributed by atoms with van der Waals surface area (Å²) in [6.45, 7) is 3.25. The molecule has 16 heavy (non-hydrogen) atoms. The molecule has 0 saturated heterocycles. The van der Waals surface area contributed by atoms with Crippen molar-refractivity contribution in [2.24, 2.45) is 0 Å². The Morgan fingerprint density at radius 2 is 2.25 bits per heavy atom. The predicted molar refractivity (Wildman–Crippen MR) is 65.0 cm³/mol. The lowest BCUT2D eigenvalue weighted by Gasteiger charge is -2.20. The Morgan fingerprint density at radius 3 is 3.06 bits per heavy atom. The van der Waals surface area contributed by atoms with Crippen LogP contribution in [0, 0.1) is 0 Å². The summed E-state index contributed by atoms with van der Waals surface area (Å²) < 4.78 is 5.39. The van der Waals surface area contributed by atoms with E-state index >= 15 is 0 Å². The first-order chi connectivity index (χ1) is 7.81. The van der Waals surface area contributed by atoms with E-state index in [1.807, 2.05) is 6.07 Å². The van der Waals surface area contributed by atoms with Crippen LogP contribution in [0.4, 0.5) is 0 Å². The van der Waals surface area contributed by atoms with Crippen LogP contribution < -0.4 is 10.1 Å². The number of hydrogen-bond donors (Lipinski definition) is 2. The standard InChI is InChI=1S/C13H16N2O/c1-8-12-10(6-7-14-8)9-4-3-5-11(16-2)13(9)15-12/h3-5,8,14-15H,6-7H2,1-2H3. The summed E-state index contributed by atoms with van der Waals surface area (Å²) in [5, 5.41) is 4.77. The van der Waals surface area contributed by atoms with Gasteiger partial charge in [0.25, 0.3) is 0 Å². The molecule has 3 nitrogen and oxygen atoms in total. The number of benzene rings is 1. The van der Waals surface area contributed by atoms with Crippen molar-refractivity contribution >= 4 is 10.9 Å². The molecular weight excluding hydrogens is 200 g/mol. The number of nitrogens with one attached hydrogen (secondary N) is 2. The molecule has 0 bridgehead atoms. The second-order valence-corrected chi connectivity index (χ2v) is 4.33. The minimum absolute atomic E-state index is 0.404. The van der Waals surface area contributed by atoms with Crippen molar-refractivity contribution in [3.8, 4) is 5.75 Å². The maximum absolute atomic E-state index is 5.39. The Balaban J connectivity index is 2.31. The number of methoxy groups -OCH3 is 1. The average Bonchev–Trinajstić information content (AvgIpc) is 2.69. The molecule has 0 saturated carbocycles. The predicted octanol–water partition coefficient (Wildman–Crippen LogP) is 2.38. The maximum atomic E-state index is 5.39. The fourth-order valence-electron chi connectivity index (χ4n) is 2.59. The lowest BCUT2D eigenvalue weighted by Crippen LogP contribution is -2.27. The first-order valence-electron chi connectivity index (χ1n) is 5.72. The van der Waals surface area contributed by atoms with Gasteiger partial charge in [0.15, 0.2) is 0 Å². The van der Waals surface area contributed by atoms with Gasteiger partial charge in [0.1, 0.15) is 5.75 Å². The SMILES string of the molecule is COc1cccc2c3c([nH]c12)C(C)NCC3. The molecule has 1 unspecified atom stereocenters. The Morgan fingerprint density at radius 1 is 1.38 bits per heavy atom. The van der Waals surface area contributed by atoms with Crippen LogP contribution in [-0.4, -0.2) is 18.6 Å². The minimum atomic E-state index is 0.404. The van der Waals surface area contributed by atoms with Crippen LogP contribution in [0.15, 0.2) is 18.2 Å². The van der Waals surface area contributed by atoms with Gasteiger partial charge in [0, 0.05) is 17.1 Å². The third-order valence-corrected chi connectivity index (χ3v) is 3.41. The van der Waals surface area contributed by atoms with Gasteiger partial charge in [-0.25, -0.2) is 0 Å². The van der Waals surface area contributed by atoms with Crippen molar-refractivity contribution in [3.63, 3.8) is 0 Å². The molecule has 1 aliphatic heterocycles. The number of rotatable bonds is 1. The van der Waals surface area contributed by atoms with E-state index < -0.39 is 0 Å². The molecule has 0 spiro atoms. The molecule has 1 atom stereocenters. The van der Waals surface area contributed by atoms with E-state index in [1.54, 1.807) is 7.11 Å². The smallest absolute Gasteiger partial charge is 0.142 e. The topological polar surface area (TPSA) is 37.0 Å². The summed E-state index contributed by atoms with van der Waals surface area (Å²) in [4.78, 5) is 3.50. The van der Waals surface area contributed by atoms with Gasteiger partial charge in [0.2, 0.25) is 0 Å². The van der Waals surface area contributed by atoms with Gasteiger partial charge < -0.3 is 15.0 Å². The van der Waals surface area contributed by atoms with Crippen LogP contribution in [-0.2, 0) is 6.42 Å². The molecule has 1 aliphatic rings. The molecule has 0 fully saturated rings. The van der Waals surface area contributed by atoms with Gasteiger partial charge in [0.05, 0.1) is 12.6 Å². The second-order valence-electron chi connectivity index (χ2n) is 4.33. The van der Waals surface area contributed by atoms with Gasteiger partial charge in [-0.1, -0.05) is 12.1 Å². The Bertz CT molecular complexity index is 530. The zero-order valence-corrected chi connectivity index (χ0v) is 9.63. The molecule has 2 N–H and O–H groups in total. The van der Waals surface area contributed by atoms with Crippen molar-refractivity contribution in [1.29, 1.82) is 0 Å². The number of para-hydroxylation sites is 1. The van der Waals surface area contributed by atoms with Crippen LogP contribution in [0.5, 0.6) is 5.75 Å². The van der Waals surface area contributed by atoms with Crippen molar-refractivity contribution in [2.45, 2.75) is 19.4 Å². The monoisotopic (exact) mass is 216 g/mol. The highest BCUT2D eigenvalue weighted by Crippen LogP contribution is 2.33. The second kappa shape index (κ2) is 3.52. The van der Waals surface area contributed by atoms with Gasteiger partial charge in [-0.3, -0.25) is 0 Å². The van der Waals surface area contributed by atoms with E-state index in [-0.39, 0.29) is 0 Å². The molecule has 3 heteroatoms. The Labute approximate surface area is 94.8 Å². The van der Waals surface area contributed by atoms with E-state index in [0.29, 0.717) is 6.04 Å². The van der Waals surface area contributed by atoms with E-state index in [2.05, 4.69) is 29.4 Å². The van der Waals surface area contributed by atoms with Gasteiger partial charge >= 0.3 is 0 Å². The van der Waals surface area contributed by atoms with Gasteiger partial charge in [-0.15, -0.1) is 0 Å². The quantitative estimate of drug-likeness (QED) is 0.768.